The monoisotopic (exact) mass is 249 g/mol. The molecule has 0 bridgehead atoms. The molecule has 1 aliphatic rings. The SMILES string of the molecule is Cc1cc(C(N)C2C(C)(C)C2(C)C)cc(C)c1F. The van der Waals surface area contributed by atoms with Gasteiger partial charge in [-0.25, -0.2) is 4.39 Å². The Labute approximate surface area is 110 Å². The molecule has 1 atom stereocenters. The quantitative estimate of drug-likeness (QED) is 0.838. The molecule has 0 spiro atoms. The summed E-state index contributed by atoms with van der Waals surface area (Å²) in [6.07, 6.45) is 0. The molecule has 1 aromatic rings. The largest absolute Gasteiger partial charge is 0.324 e. The third-order valence-electron chi connectivity index (χ3n) is 5.34. The summed E-state index contributed by atoms with van der Waals surface area (Å²) in [6.45, 7) is 12.7. The van der Waals surface area contributed by atoms with Crippen molar-refractivity contribution in [2.24, 2.45) is 22.5 Å². The van der Waals surface area contributed by atoms with E-state index in [-0.39, 0.29) is 22.7 Å². The van der Waals surface area contributed by atoms with Gasteiger partial charge in [-0.05, 0) is 47.3 Å². The molecule has 2 N–H and O–H groups in total. The molecule has 0 heterocycles. The molecule has 0 aromatic heterocycles. The van der Waals surface area contributed by atoms with Gasteiger partial charge in [-0.3, -0.25) is 0 Å². The summed E-state index contributed by atoms with van der Waals surface area (Å²) in [5.41, 5.74) is 9.37. The first-order chi connectivity index (χ1) is 8.10. The maximum absolute atomic E-state index is 13.7. The molecule has 1 saturated carbocycles. The van der Waals surface area contributed by atoms with E-state index in [0.717, 1.165) is 5.56 Å². The average Bonchev–Trinajstić information content (AvgIpc) is 2.64. The van der Waals surface area contributed by atoms with Crippen molar-refractivity contribution in [3.05, 3.63) is 34.6 Å². The van der Waals surface area contributed by atoms with Gasteiger partial charge in [-0.1, -0.05) is 39.8 Å². The zero-order valence-corrected chi connectivity index (χ0v) is 12.3. The van der Waals surface area contributed by atoms with Gasteiger partial charge in [-0.2, -0.15) is 0 Å². The highest BCUT2D eigenvalue weighted by Crippen LogP contribution is 2.71. The second-order valence-electron chi connectivity index (χ2n) is 6.92. The Kier molecular flexibility index (Phi) is 2.86. The normalized spacial score (nSPS) is 22.9. The highest BCUT2D eigenvalue weighted by Gasteiger charge is 2.66. The average molecular weight is 249 g/mol. The van der Waals surface area contributed by atoms with E-state index in [1.165, 1.54) is 0 Å². The smallest absolute Gasteiger partial charge is 0.129 e. The zero-order valence-electron chi connectivity index (χ0n) is 12.3. The number of benzene rings is 1. The number of rotatable bonds is 2. The second kappa shape index (κ2) is 3.80. The molecule has 2 heteroatoms. The second-order valence-corrected chi connectivity index (χ2v) is 6.92. The lowest BCUT2D eigenvalue weighted by atomic mass is 9.94. The number of nitrogens with two attached hydrogens (primary N) is 1. The van der Waals surface area contributed by atoms with E-state index in [0.29, 0.717) is 17.0 Å². The maximum Gasteiger partial charge on any atom is 0.129 e. The van der Waals surface area contributed by atoms with E-state index in [2.05, 4.69) is 27.7 Å². The lowest BCUT2D eigenvalue weighted by molar-refractivity contribution is 0.457. The Morgan fingerprint density at radius 3 is 1.78 bits per heavy atom. The Balaban J connectivity index is 2.35. The minimum atomic E-state index is -0.111. The third kappa shape index (κ3) is 1.70. The first-order valence-corrected chi connectivity index (χ1v) is 6.63. The van der Waals surface area contributed by atoms with E-state index in [9.17, 15) is 4.39 Å². The standard InChI is InChI=1S/C16H24FN/c1-9-7-11(8-10(2)12(9)17)13(18)14-15(3,4)16(14,5)6/h7-8,13-14H,18H2,1-6H3. The van der Waals surface area contributed by atoms with Crippen LogP contribution in [0, 0.1) is 36.4 Å². The molecule has 1 aliphatic carbocycles. The van der Waals surface area contributed by atoms with Crippen molar-refractivity contribution in [3.63, 3.8) is 0 Å². The summed E-state index contributed by atoms with van der Waals surface area (Å²) in [5.74, 6) is 0.342. The molecule has 0 radical (unpaired) electrons. The van der Waals surface area contributed by atoms with Crippen molar-refractivity contribution in [3.8, 4) is 0 Å². The van der Waals surface area contributed by atoms with Gasteiger partial charge in [0.1, 0.15) is 5.82 Å². The molecule has 1 nitrogen and oxygen atoms in total. The minimum absolute atomic E-state index is 0.00648. The summed E-state index contributed by atoms with van der Waals surface area (Å²) in [4.78, 5) is 0. The highest BCUT2D eigenvalue weighted by atomic mass is 19.1. The van der Waals surface area contributed by atoms with E-state index < -0.39 is 0 Å². The number of aryl methyl sites for hydroxylation is 2. The molecule has 1 fully saturated rings. The van der Waals surface area contributed by atoms with Crippen molar-refractivity contribution >= 4 is 0 Å². The van der Waals surface area contributed by atoms with Crippen molar-refractivity contribution in [2.45, 2.75) is 47.6 Å². The molecule has 18 heavy (non-hydrogen) atoms. The molecule has 0 amide bonds. The topological polar surface area (TPSA) is 26.0 Å². The third-order valence-corrected chi connectivity index (χ3v) is 5.34. The zero-order chi connectivity index (χ0) is 13.9. The number of halogens is 1. The Morgan fingerprint density at radius 2 is 1.44 bits per heavy atom. The molecule has 2 rings (SSSR count). The van der Waals surface area contributed by atoms with E-state index in [4.69, 9.17) is 5.73 Å². The van der Waals surface area contributed by atoms with Crippen LogP contribution in [0.1, 0.15) is 50.4 Å². The highest BCUT2D eigenvalue weighted by molar-refractivity contribution is 5.35. The molecular weight excluding hydrogens is 225 g/mol. The first kappa shape index (κ1) is 13.5. The predicted octanol–water partition coefficient (Wildman–Crippen LogP) is 4.12. The Hall–Kier alpha value is -0.890. The summed E-state index contributed by atoms with van der Waals surface area (Å²) in [5, 5.41) is 0. The lowest BCUT2D eigenvalue weighted by Crippen LogP contribution is -2.17. The molecule has 1 aromatic carbocycles. The van der Waals surface area contributed by atoms with E-state index in [1.807, 2.05) is 26.0 Å². The van der Waals surface area contributed by atoms with Crippen LogP contribution in [0.3, 0.4) is 0 Å². The molecule has 1 unspecified atom stereocenters. The Morgan fingerprint density at radius 1 is 1.06 bits per heavy atom. The molecular formula is C16H24FN. The predicted molar refractivity (Wildman–Crippen MR) is 73.9 cm³/mol. The fourth-order valence-electron chi connectivity index (χ4n) is 3.51. The summed E-state index contributed by atoms with van der Waals surface area (Å²) in [6, 6.07) is 3.79. The number of hydrogen-bond acceptors (Lipinski definition) is 1. The van der Waals surface area contributed by atoms with Crippen LogP contribution in [-0.2, 0) is 0 Å². The van der Waals surface area contributed by atoms with Gasteiger partial charge in [0.25, 0.3) is 0 Å². The van der Waals surface area contributed by atoms with Gasteiger partial charge < -0.3 is 5.73 Å². The fraction of sp³-hybridized carbons (Fsp3) is 0.625. The van der Waals surface area contributed by atoms with Crippen molar-refractivity contribution in [1.82, 2.24) is 0 Å². The summed E-state index contributed by atoms with van der Waals surface area (Å²) in [7, 11) is 0. The van der Waals surface area contributed by atoms with Crippen LogP contribution >= 0.6 is 0 Å². The summed E-state index contributed by atoms with van der Waals surface area (Å²) < 4.78 is 13.7. The van der Waals surface area contributed by atoms with Gasteiger partial charge in [0, 0.05) is 6.04 Å². The van der Waals surface area contributed by atoms with Crippen molar-refractivity contribution in [1.29, 1.82) is 0 Å². The van der Waals surface area contributed by atoms with Gasteiger partial charge in [0.05, 0.1) is 0 Å². The van der Waals surface area contributed by atoms with Crippen LogP contribution < -0.4 is 5.73 Å². The minimum Gasteiger partial charge on any atom is -0.324 e. The Bertz CT molecular complexity index is 451. The fourth-order valence-corrected chi connectivity index (χ4v) is 3.51. The van der Waals surface area contributed by atoms with E-state index in [1.54, 1.807) is 0 Å². The van der Waals surface area contributed by atoms with Crippen molar-refractivity contribution in [2.75, 3.05) is 0 Å². The van der Waals surface area contributed by atoms with Gasteiger partial charge in [0.15, 0.2) is 0 Å². The van der Waals surface area contributed by atoms with Crippen LogP contribution in [-0.4, -0.2) is 0 Å². The van der Waals surface area contributed by atoms with E-state index >= 15 is 0 Å². The molecule has 0 saturated heterocycles. The molecule has 100 valence electrons. The summed E-state index contributed by atoms with van der Waals surface area (Å²) >= 11 is 0. The van der Waals surface area contributed by atoms with Crippen LogP contribution in [0.5, 0.6) is 0 Å². The van der Waals surface area contributed by atoms with Crippen LogP contribution in [0.15, 0.2) is 12.1 Å². The van der Waals surface area contributed by atoms with Crippen molar-refractivity contribution < 1.29 is 4.39 Å². The van der Waals surface area contributed by atoms with Gasteiger partial charge >= 0.3 is 0 Å². The van der Waals surface area contributed by atoms with Crippen LogP contribution in [0.2, 0.25) is 0 Å². The molecule has 0 aliphatic heterocycles. The number of hydrogen-bond donors (Lipinski definition) is 1. The van der Waals surface area contributed by atoms with Crippen LogP contribution in [0.4, 0.5) is 4.39 Å². The van der Waals surface area contributed by atoms with Gasteiger partial charge in [-0.15, -0.1) is 0 Å². The van der Waals surface area contributed by atoms with Crippen LogP contribution in [0.25, 0.3) is 0 Å². The van der Waals surface area contributed by atoms with Gasteiger partial charge in [0.2, 0.25) is 0 Å². The lowest BCUT2D eigenvalue weighted by Gasteiger charge is -2.16. The maximum atomic E-state index is 13.7. The first-order valence-electron chi connectivity index (χ1n) is 6.63.